The molecule has 0 fully saturated rings. The summed E-state index contributed by atoms with van der Waals surface area (Å²) in [5, 5.41) is 12.7. The van der Waals surface area contributed by atoms with Crippen LogP contribution in [0.1, 0.15) is 32.0 Å². The largest absolute Gasteiger partial charge is 0.241 e. The Morgan fingerprint density at radius 1 is 1.17 bits per heavy atom. The van der Waals surface area contributed by atoms with E-state index >= 15 is 0 Å². The van der Waals surface area contributed by atoms with Crippen molar-refractivity contribution in [3.05, 3.63) is 75.1 Å². The predicted molar refractivity (Wildman–Crippen MR) is 118 cm³/mol. The van der Waals surface area contributed by atoms with Crippen LogP contribution in [0.5, 0.6) is 0 Å². The van der Waals surface area contributed by atoms with Gasteiger partial charge in [-0.3, -0.25) is 0 Å². The van der Waals surface area contributed by atoms with Gasteiger partial charge in [0.05, 0.1) is 10.6 Å². The standard InChI is InChI=1S/C22H19ClN2O2S2/c1-22(2,3)20-14-28-21(25-20)16-9-7-15(8-10-16)11-19(13-24)29(26,27)18-6-4-5-17(23)12-18/h4-12,14H,1-3H3/b19-11+. The maximum absolute atomic E-state index is 12.7. The topological polar surface area (TPSA) is 70.8 Å². The van der Waals surface area contributed by atoms with Crippen LogP contribution in [0.4, 0.5) is 0 Å². The van der Waals surface area contributed by atoms with Crippen molar-refractivity contribution in [2.24, 2.45) is 0 Å². The van der Waals surface area contributed by atoms with Gasteiger partial charge in [-0.15, -0.1) is 11.3 Å². The highest BCUT2D eigenvalue weighted by molar-refractivity contribution is 7.95. The summed E-state index contributed by atoms with van der Waals surface area (Å²) in [6.45, 7) is 6.34. The fourth-order valence-electron chi connectivity index (χ4n) is 2.56. The number of allylic oxidation sites excluding steroid dienone is 1. The van der Waals surface area contributed by atoms with Crippen LogP contribution < -0.4 is 0 Å². The van der Waals surface area contributed by atoms with Gasteiger partial charge in [-0.05, 0) is 29.8 Å². The average Bonchev–Trinajstić information content (AvgIpc) is 3.17. The number of hydrogen-bond donors (Lipinski definition) is 0. The monoisotopic (exact) mass is 442 g/mol. The molecule has 3 aromatic rings. The molecule has 0 amide bonds. The first-order valence-corrected chi connectivity index (χ1v) is 11.5. The molecule has 3 rings (SSSR count). The highest BCUT2D eigenvalue weighted by Crippen LogP contribution is 2.30. The summed E-state index contributed by atoms with van der Waals surface area (Å²) < 4.78 is 25.5. The summed E-state index contributed by atoms with van der Waals surface area (Å²) in [7, 11) is -3.94. The second-order valence-corrected chi connectivity index (χ2v) is 10.7. The number of halogens is 1. The molecule has 7 heteroatoms. The number of nitriles is 1. The molecule has 1 aromatic heterocycles. The van der Waals surface area contributed by atoms with E-state index in [-0.39, 0.29) is 15.2 Å². The van der Waals surface area contributed by atoms with Gasteiger partial charge >= 0.3 is 0 Å². The van der Waals surface area contributed by atoms with Gasteiger partial charge in [0, 0.05) is 21.4 Å². The van der Waals surface area contributed by atoms with Crippen molar-refractivity contribution in [2.75, 3.05) is 0 Å². The summed E-state index contributed by atoms with van der Waals surface area (Å²) in [5.41, 5.74) is 2.57. The van der Waals surface area contributed by atoms with E-state index in [2.05, 4.69) is 31.1 Å². The Morgan fingerprint density at radius 2 is 1.86 bits per heavy atom. The van der Waals surface area contributed by atoms with Gasteiger partial charge in [0.1, 0.15) is 16.0 Å². The molecule has 2 aromatic carbocycles. The molecule has 1 heterocycles. The van der Waals surface area contributed by atoms with E-state index in [0.29, 0.717) is 10.6 Å². The van der Waals surface area contributed by atoms with Crippen molar-refractivity contribution < 1.29 is 8.42 Å². The van der Waals surface area contributed by atoms with Gasteiger partial charge in [-0.25, -0.2) is 13.4 Å². The van der Waals surface area contributed by atoms with Gasteiger partial charge in [0.15, 0.2) is 0 Å². The summed E-state index contributed by atoms with van der Waals surface area (Å²) in [6, 6.07) is 15.0. The van der Waals surface area contributed by atoms with Crippen LogP contribution in [0.25, 0.3) is 16.6 Å². The zero-order chi connectivity index (χ0) is 21.2. The number of sulfone groups is 1. The minimum atomic E-state index is -3.94. The first kappa shape index (κ1) is 21.3. The Morgan fingerprint density at radius 3 is 2.41 bits per heavy atom. The van der Waals surface area contributed by atoms with E-state index in [1.165, 1.54) is 18.2 Å². The van der Waals surface area contributed by atoms with E-state index in [9.17, 15) is 13.7 Å². The predicted octanol–water partition coefficient (Wildman–Crippen LogP) is 6.10. The van der Waals surface area contributed by atoms with Crippen LogP contribution in [0.3, 0.4) is 0 Å². The zero-order valence-corrected chi connectivity index (χ0v) is 18.6. The Balaban J connectivity index is 1.92. The maximum atomic E-state index is 12.7. The van der Waals surface area contributed by atoms with Crippen LogP contribution in [0, 0.1) is 11.3 Å². The number of aromatic nitrogens is 1. The molecule has 0 atom stereocenters. The Hall–Kier alpha value is -2.46. The third-order valence-electron chi connectivity index (χ3n) is 4.23. The molecule has 0 N–H and O–H groups in total. The van der Waals surface area contributed by atoms with E-state index in [0.717, 1.165) is 16.3 Å². The number of hydrogen-bond acceptors (Lipinski definition) is 5. The molecule has 0 saturated heterocycles. The quantitative estimate of drug-likeness (QED) is 0.457. The van der Waals surface area contributed by atoms with Crippen molar-refractivity contribution in [1.82, 2.24) is 4.98 Å². The Bertz CT molecular complexity index is 1210. The van der Waals surface area contributed by atoms with E-state index in [1.807, 2.05) is 12.1 Å². The van der Waals surface area contributed by atoms with Crippen LogP contribution in [-0.2, 0) is 15.3 Å². The second-order valence-electron chi connectivity index (χ2n) is 7.49. The fraction of sp³-hybridized carbons (Fsp3) is 0.182. The molecule has 0 bridgehead atoms. The summed E-state index contributed by atoms with van der Waals surface area (Å²) in [4.78, 5) is 4.34. The normalized spacial score (nSPS) is 12.6. The molecule has 4 nitrogen and oxygen atoms in total. The third kappa shape index (κ3) is 4.76. The SMILES string of the molecule is CC(C)(C)c1csc(-c2ccc(/C=C(\C#N)S(=O)(=O)c3cccc(Cl)c3)cc2)n1. The summed E-state index contributed by atoms with van der Waals surface area (Å²) >= 11 is 7.46. The van der Waals surface area contributed by atoms with Crippen molar-refractivity contribution in [1.29, 1.82) is 5.26 Å². The molecule has 0 aliphatic carbocycles. The molecule has 0 saturated carbocycles. The highest BCUT2D eigenvalue weighted by Gasteiger charge is 2.21. The Labute approximate surface area is 180 Å². The lowest BCUT2D eigenvalue weighted by molar-refractivity contribution is 0.573. The molecule has 0 aliphatic heterocycles. The van der Waals surface area contributed by atoms with Crippen LogP contribution in [0.15, 0.2) is 63.7 Å². The minimum absolute atomic E-state index is 0.00749. The number of nitrogens with zero attached hydrogens (tertiary/aromatic N) is 2. The number of thiazole rings is 1. The summed E-state index contributed by atoms with van der Waals surface area (Å²) in [5.74, 6) is 0. The number of benzene rings is 2. The molecular formula is C22H19ClN2O2S2. The maximum Gasteiger partial charge on any atom is 0.216 e. The first-order chi connectivity index (χ1) is 13.6. The van der Waals surface area contributed by atoms with Crippen LogP contribution in [0.2, 0.25) is 5.02 Å². The Kier molecular flexibility index (Phi) is 5.95. The van der Waals surface area contributed by atoms with E-state index in [4.69, 9.17) is 11.6 Å². The van der Waals surface area contributed by atoms with Gasteiger partial charge in [-0.1, -0.05) is 62.7 Å². The van der Waals surface area contributed by atoms with Gasteiger partial charge in [0.2, 0.25) is 9.84 Å². The second kappa shape index (κ2) is 8.11. The van der Waals surface area contributed by atoms with Crippen LogP contribution >= 0.6 is 22.9 Å². The van der Waals surface area contributed by atoms with Crippen molar-refractivity contribution in [3.63, 3.8) is 0 Å². The average molecular weight is 443 g/mol. The van der Waals surface area contributed by atoms with Crippen LogP contribution in [-0.4, -0.2) is 13.4 Å². The molecule has 148 valence electrons. The lowest BCUT2D eigenvalue weighted by Crippen LogP contribution is -2.11. The smallest absolute Gasteiger partial charge is 0.216 e. The molecule has 0 aliphatic rings. The lowest BCUT2D eigenvalue weighted by Gasteiger charge is -2.14. The van der Waals surface area contributed by atoms with Gasteiger partial charge in [-0.2, -0.15) is 5.26 Å². The van der Waals surface area contributed by atoms with Crippen molar-refractivity contribution >= 4 is 38.9 Å². The minimum Gasteiger partial charge on any atom is -0.241 e. The van der Waals surface area contributed by atoms with Crippen molar-refractivity contribution in [2.45, 2.75) is 31.1 Å². The molecule has 0 radical (unpaired) electrons. The fourth-order valence-corrected chi connectivity index (χ4v) is 5.07. The molecule has 0 spiro atoms. The zero-order valence-electron chi connectivity index (χ0n) is 16.2. The van der Waals surface area contributed by atoms with E-state index < -0.39 is 9.84 Å². The molecule has 29 heavy (non-hydrogen) atoms. The third-order valence-corrected chi connectivity index (χ3v) is 7.02. The summed E-state index contributed by atoms with van der Waals surface area (Å²) in [6.07, 6.45) is 1.36. The molecule has 0 unspecified atom stereocenters. The van der Waals surface area contributed by atoms with Gasteiger partial charge in [0.25, 0.3) is 0 Å². The van der Waals surface area contributed by atoms with E-state index in [1.54, 1.807) is 41.7 Å². The molecular weight excluding hydrogens is 424 g/mol. The van der Waals surface area contributed by atoms with Gasteiger partial charge < -0.3 is 0 Å². The highest BCUT2D eigenvalue weighted by atomic mass is 35.5. The van der Waals surface area contributed by atoms with Crippen molar-refractivity contribution in [3.8, 4) is 16.6 Å². The number of rotatable bonds is 4. The first-order valence-electron chi connectivity index (χ1n) is 8.80. The lowest BCUT2D eigenvalue weighted by atomic mass is 9.93.